The molecule has 0 aromatic heterocycles. The van der Waals surface area contributed by atoms with E-state index in [1.807, 2.05) is 0 Å². The first-order valence-electron chi connectivity index (χ1n) is 5.28. The van der Waals surface area contributed by atoms with E-state index in [1.54, 1.807) is 0 Å². The van der Waals surface area contributed by atoms with Gasteiger partial charge in [0.05, 0.1) is 6.61 Å². The average Bonchev–Trinajstić information content (AvgIpc) is 2.33. The maximum absolute atomic E-state index is 13.7. The summed E-state index contributed by atoms with van der Waals surface area (Å²) in [6, 6.07) is 1.39. The molecule has 0 saturated carbocycles. The molecule has 1 aromatic carbocycles. The van der Waals surface area contributed by atoms with Crippen molar-refractivity contribution in [2.24, 2.45) is 10.7 Å². The van der Waals surface area contributed by atoms with Gasteiger partial charge < -0.3 is 16.2 Å². The van der Waals surface area contributed by atoms with Crippen LogP contribution in [0.3, 0.4) is 0 Å². The van der Waals surface area contributed by atoms with Crippen LogP contribution in [0.15, 0.2) is 17.1 Å². The largest absolute Gasteiger partial charge is 0.699 e. The Balaban J connectivity index is 2.67. The third kappa shape index (κ3) is 2.23. The van der Waals surface area contributed by atoms with Crippen molar-refractivity contribution in [2.45, 2.75) is 12.0 Å². The molecule has 0 amide bonds. The van der Waals surface area contributed by atoms with E-state index in [-0.39, 0.29) is 12.4 Å². The smallest absolute Gasteiger partial charge is 0.269 e. The first-order valence-corrected chi connectivity index (χ1v) is 5.28. The number of hydrogen-bond acceptors (Lipinski definition) is 3. The number of nitrogens with zero attached hydrogens (tertiary/aromatic N) is 1. The first-order chi connectivity index (χ1) is 8.86. The molecule has 0 radical (unpaired) electrons. The van der Waals surface area contributed by atoms with Crippen LogP contribution in [-0.2, 0) is 10.3 Å². The van der Waals surface area contributed by atoms with E-state index in [4.69, 9.17) is 16.2 Å². The quantitative estimate of drug-likeness (QED) is 0.843. The van der Waals surface area contributed by atoms with Crippen molar-refractivity contribution < 1.29 is 22.3 Å². The summed E-state index contributed by atoms with van der Waals surface area (Å²) in [4.78, 5) is 3.56. The van der Waals surface area contributed by atoms with Gasteiger partial charge in [0, 0.05) is 5.56 Å². The molecule has 3 N–H and O–H groups in total. The molecule has 19 heavy (non-hydrogen) atoms. The number of halogens is 4. The lowest BCUT2D eigenvalue weighted by Gasteiger charge is -2.33. The number of alkyl halides is 2. The Kier molecular flexibility index (Phi) is 3.36. The number of amidine groups is 1. The Labute approximate surface area is 106 Å². The van der Waals surface area contributed by atoms with Crippen LogP contribution < -0.4 is 5.73 Å². The van der Waals surface area contributed by atoms with Gasteiger partial charge in [-0.3, -0.25) is 4.99 Å². The number of nitrogens with one attached hydrogen (secondary N) is 1. The molecular formula is C11H10F4N3O-. The fourth-order valence-corrected chi connectivity index (χ4v) is 1.90. The lowest BCUT2D eigenvalue weighted by Crippen LogP contribution is -2.45. The maximum Gasteiger partial charge on any atom is 0.269 e. The second kappa shape index (κ2) is 4.69. The minimum Gasteiger partial charge on any atom is -0.699 e. The molecule has 0 spiro atoms. The molecule has 1 aromatic rings. The summed E-state index contributed by atoms with van der Waals surface area (Å²) in [7, 11) is 0. The van der Waals surface area contributed by atoms with Crippen LogP contribution >= 0.6 is 0 Å². The number of ether oxygens (including phenoxy) is 1. The topological polar surface area (TPSA) is 71.4 Å². The molecule has 0 bridgehead atoms. The third-order valence-electron chi connectivity index (χ3n) is 2.77. The van der Waals surface area contributed by atoms with Crippen molar-refractivity contribution in [1.82, 2.24) is 0 Å². The summed E-state index contributed by atoms with van der Waals surface area (Å²) < 4.78 is 58.4. The Morgan fingerprint density at radius 3 is 2.63 bits per heavy atom. The fraction of sp³-hybridized carbons (Fsp3) is 0.364. The number of hydrogen-bond donors (Lipinski definition) is 1. The molecule has 8 heteroatoms. The van der Waals surface area contributed by atoms with Crippen molar-refractivity contribution in [3.05, 3.63) is 35.1 Å². The molecule has 1 unspecified atom stereocenters. The van der Waals surface area contributed by atoms with E-state index in [1.165, 1.54) is 0 Å². The van der Waals surface area contributed by atoms with Crippen LogP contribution in [0, 0.1) is 11.6 Å². The molecule has 104 valence electrons. The van der Waals surface area contributed by atoms with Gasteiger partial charge in [0.15, 0.2) is 17.2 Å². The van der Waals surface area contributed by atoms with Gasteiger partial charge in [-0.1, -0.05) is 6.07 Å². The van der Waals surface area contributed by atoms with Crippen LogP contribution in [0.2, 0.25) is 0 Å². The predicted molar refractivity (Wildman–Crippen MR) is 60.5 cm³/mol. The Bertz CT molecular complexity index is 535. The van der Waals surface area contributed by atoms with E-state index in [0.717, 1.165) is 6.07 Å². The monoisotopic (exact) mass is 276 g/mol. The number of nitrogens with two attached hydrogens (primary N) is 1. The van der Waals surface area contributed by atoms with Crippen molar-refractivity contribution in [2.75, 3.05) is 13.2 Å². The molecule has 1 aliphatic rings. The van der Waals surface area contributed by atoms with Gasteiger partial charge in [0.2, 0.25) is 0 Å². The predicted octanol–water partition coefficient (Wildman–Crippen LogP) is 2.50. The summed E-state index contributed by atoms with van der Waals surface area (Å²) >= 11 is 0. The van der Waals surface area contributed by atoms with Crippen LogP contribution in [0.1, 0.15) is 5.56 Å². The zero-order chi connectivity index (χ0) is 14.2. The van der Waals surface area contributed by atoms with Crippen molar-refractivity contribution in [3.63, 3.8) is 0 Å². The van der Waals surface area contributed by atoms with Crippen LogP contribution in [-0.4, -0.2) is 25.5 Å². The highest BCUT2D eigenvalue weighted by Gasteiger charge is 2.46. The summed E-state index contributed by atoms with van der Waals surface area (Å²) in [5, 5.41) is 0. The molecular weight excluding hydrogens is 266 g/mol. The summed E-state index contributed by atoms with van der Waals surface area (Å²) in [6.45, 7) is -0.787. The highest BCUT2D eigenvalue weighted by molar-refractivity contribution is 5.82. The molecule has 1 heterocycles. The highest BCUT2D eigenvalue weighted by atomic mass is 19.3. The standard InChI is InChI=1S/C11H10F4N3O/c12-7-2-5(16)1-6(9(7)13)11(10(14)15)4-19-3-8(17)18-11/h1-2,10,16H,3-4H2,(H2,17,18)/q-1. The molecule has 1 atom stereocenters. The highest BCUT2D eigenvalue weighted by Crippen LogP contribution is 2.38. The summed E-state index contributed by atoms with van der Waals surface area (Å²) in [5.41, 5.74) is 9.06. The number of benzene rings is 1. The van der Waals surface area contributed by atoms with Gasteiger partial charge >= 0.3 is 0 Å². The van der Waals surface area contributed by atoms with E-state index in [9.17, 15) is 17.6 Å². The summed E-state index contributed by atoms with van der Waals surface area (Å²) in [6.07, 6.45) is -3.15. The Morgan fingerprint density at radius 1 is 1.37 bits per heavy atom. The molecule has 0 aliphatic carbocycles. The summed E-state index contributed by atoms with van der Waals surface area (Å²) in [5.74, 6) is -3.10. The van der Waals surface area contributed by atoms with Crippen LogP contribution in [0.4, 0.5) is 23.2 Å². The lowest BCUT2D eigenvalue weighted by molar-refractivity contribution is -0.0148. The number of rotatable bonds is 2. The maximum atomic E-state index is 13.7. The zero-order valence-electron chi connectivity index (χ0n) is 9.59. The molecule has 0 fully saturated rings. The molecule has 4 nitrogen and oxygen atoms in total. The normalized spacial score (nSPS) is 23.5. The van der Waals surface area contributed by atoms with E-state index in [0.29, 0.717) is 6.07 Å². The van der Waals surface area contributed by atoms with Crippen molar-refractivity contribution in [3.8, 4) is 0 Å². The third-order valence-corrected chi connectivity index (χ3v) is 2.77. The Hall–Kier alpha value is -1.83. The average molecular weight is 276 g/mol. The lowest BCUT2D eigenvalue weighted by atomic mass is 9.89. The number of aliphatic imine (C=N–C) groups is 1. The fourth-order valence-electron chi connectivity index (χ4n) is 1.90. The minimum atomic E-state index is -3.15. The van der Waals surface area contributed by atoms with Gasteiger partial charge in [-0.05, 0) is 6.07 Å². The van der Waals surface area contributed by atoms with Gasteiger partial charge in [-0.2, -0.15) is 0 Å². The molecule has 2 rings (SSSR count). The van der Waals surface area contributed by atoms with Gasteiger partial charge in [-0.25, -0.2) is 17.6 Å². The van der Waals surface area contributed by atoms with Gasteiger partial charge in [0.25, 0.3) is 6.43 Å². The van der Waals surface area contributed by atoms with Crippen LogP contribution in [0.25, 0.3) is 5.73 Å². The van der Waals surface area contributed by atoms with E-state index < -0.39 is 41.5 Å². The van der Waals surface area contributed by atoms with Crippen LogP contribution in [0.5, 0.6) is 0 Å². The second-order valence-corrected chi connectivity index (χ2v) is 4.14. The Morgan fingerprint density at radius 2 is 2.05 bits per heavy atom. The molecule has 1 aliphatic heterocycles. The second-order valence-electron chi connectivity index (χ2n) is 4.14. The zero-order valence-corrected chi connectivity index (χ0v) is 9.59. The van der Waals surface area contributed by atoms with Gasteiger partial charge in [-0.15, -0.1) is 5.69 Å². The van der Waals surface area contributed by atoms with E-state index >= 15 is 0 Å². The van der Waals surface area contributed by atoms with Crippen molar-refractivity contribution >= 4 is 11.5 Å². The molecule has 0 saturated heterocycles. The van der Waals surface area contributed by atoms with Gasteiger partial charge in [0.1, 0.15) is 12.4 Å². The first kappa shape index (κ1) is 13.6. The van der Waals surface area contributed by atoms with Crippen molar-refractivity contribution in [1.29, 1.82) is 0 Å². The minimum absolute atomic E-state index is 0.154. The SMILES string of the molecule is [NH-]c1cc(F)c(F)c(C2(C(F)F)COCC(N)=N2)c1. The van der Waals surface area contributed by atoms with E-state index in [2.05, 4.69) is 4.99 Å².